The molecule has 1 fully saturated rings. The highest BCUT2D eigenvalue weighted by molar-refractivity contribution is 14.0. The Hall–Kier alpha value is -1.77. The van der Waals surface area contributed by atoms with E-state index < -0.39 is 17.7 Å². The lowest BCUT2D eigenvalue weighted by Gasteiger charge is -2.19. The van der Waals surface area contributed by atoms with Crippen molar-refractivity contribution in [2.45, 2.75) is 31.3 Å². The van der Waals surface area contributed by atoms with Crippen LogP contribution in [0, 0.1) is 17.5 Å². The van der Waals surface area contributed by atoms with E-state index in [9.17, 15) is 13.2 Å². The molecule has 26 heavy (non-hydrogen) atoms. The molecule has 0 aliphatic heterocycles. The highest BCUT2D eigenvalue weighted by atomic mass is 127. The van der Waals surface area contributed by atoms with Gasteiger partial charge in [0.25, 0.3) is 0 Å². The molecule has 1 aliphatic carbocycles. The van der Waals surface area contributed by atoms with Gasteiger partial charge in [-0.25, -0.2) is 13.2 Å². The topological polar surface area (TPSA) is 36.4 Å². The first-order chi connectivity index (χ1) is 12.0. The molecule has 7 heteroatoms. The van der Waals surface area contributed by atoms with Crippen LogP contribution >= 0.6 is 24.0 Å². The molecule has 2 aromatic carbocycles. The van der Waals surface area contributed by atoms with Gasteiger partial charge in [0.15, 0.2) is 5.96 Å². The standard InChI is InChI=1S/C19H20F3N3.HI/c1-11(13-8-7-12(20)9-17(13)22)24-19(23-2)25-18-10-15(18)14-5-3-4-6-16(14)21;/h3-9,11,15,18H,10H2,1-2H3,(H2,23,24,25);1H. The second-order valence-corrected chi connectivity index (χ2v) is 6.22. The second kappa shape index (κ2) is 8.75. The fourth-order valence-electron chi connectivity index (χ4n) is 2.96. The summed E-state index contributed by atoms with van der Waals surface area (Å²) < 4.78 is 40.7. The number of hydrogen-bond donors (Lipinski definition) is 2. The molecule has 0 radical (unpaired) electrons. The molecule has 3 nitrogen and oxygen atoms in total. The minimum Gasteiger partial charge on any atom is -0.353 e. The third kappa shape index (κ3) is 4.69. The lowest BCUT2D eigenvalue weighted by atomic mass is 10.1. The SMILES string of the molecule is CN=C(NC(C)c1ccc(F)cc1F)NC1CC1c1ccccc1F.I. The minimum absolute atomic E-state index is 0. The van der Waals surface area contributed by atoms with E-state index in [1.165, 1.54) is 18.2 Å². The third-order valence-corrected chi connectivity index (χ3v) is 4.42. The average molecular weight is 475 g/mol. The first kappa shape index (κ1) is 20.5. The van der Waals surface area contributed by atoms with Crippen molar-refractivity contribution in [2.24, 2.45) is 4.99 Å². The molecule has 0 heterocycles. The van der Waals surface area contributed by atoms with Crippen molar-refractivity contribution in [2.75, 3.05) is 7.05 Å². The molecule has 2 aromatic rings. The van der Waals surface area contributed by atoms with Crippen molar-refractivity contribution in [3.8, 4) is 0 Å². The van der Waals surface area contributed by atoms with E-state index >= 15 is 0 Å². The van der Waals surface area contributed by atoms with Crippen molar-refractivity contribution in [3.63, 3.8) is 0 Å². The molecule has 3 rings (SSSR count). The molecule has 3 unspecified atom stereocenters. The van der Waals surface area contributed by atoms with Gasteiger partial charge in [-0.05, 0) is 31.0 Å². The number of hydrogen-bond acceptors (Lipinski definition) is 1. The van der Waals surface area contributed by atoms with E-state index in [0.717, 1.165) is 12.5 Å². The monoisotopic (exact) mass is 475 g/mol. The maximum atomic E-state index is 13.9. The Morgan fingerprint density at radius 2 is 1.85 bits per heavy atom. The largest absolute Gasteiger partial charge is 0.353 e. The van der Waals surface area contributed by atoms with Gasteiger partial charge in [0.1, 0.15) is 17.5 Å². The van der Waals surface area contributed by atoms with Gasteiger partial charge >= 0.3 is 0 Å². The van der Waals surface area contributed by atoms with Crippen molar-refractivity contribution in [1.82, 2.24) is 10.6 Å². The average Bonchev–Trinajstić information content (AvgIpc) is 3.33. The Bertz CT molecular complexity index is 797. The predicted molar refractivity (Wildman–Crippen MR) is 107 cm³/mol. The number of nitrogens with one attached hydrogen (secondary N) is 2. The zero-order valence-electron chi connectivity index (χ0n) is 14.5. The Kier molecular flexibility index (Phi) is 6.91. The lowest BCUT2D eigenvalue weighted by Crippen LogP contribution is -2.40. The van der Waals surface area contributed by atoms with Crippen LogP contribution in [0.25, 0.3) is 0 Å². The van der Waals surface area contributed by atoms with Gasteiger partial charge in [0.05, 0.1) is 6.04 Å². The van der Waals surface area contributed by atoms with Crippen LogP contribution < -0.4 is 10.6 Å². The van der Waals surface area contributed by atoms with Crippen LogP contribution in [-0.2, 0) is 0 Å². The smallest absolute Gasteiger partial charge is 0.191 e. The predicted octanol–water partition coefficient (Wildman–Crippen LogP) is 4.50. The van der Waals surface area contributed by atoms with Crippen LogP contribution in [-0.4, -0.2) is 19.0 Å². The number of rotatable bonds is 4. The summed E-state index contributed by atoms with van der Waals surface area (Å²) in [7, 11) is 1.61. The van der Waals surface area contributed by atoms with Gasteiger partial charge in [0, 0.05) is 30.6 Å². The fourth-order valence-corrected chi connectivity index (χ4v) is 2.96. The molecule has 0 bridgehead atoms. The molecule has 0 aromatic heterocycles. The Balaban J connectivity index is 0.00000243. The van der Waals surface area contributed by atoms with Crippen LogP contribution in [0.4, 0.5) is 13.2 Å². The number of guanidine groups is 1. The zero-order chi connectivity index (χ0) is 18.0. The van der Waals surface area contributed by atoms with Crippen molar-refractivity contribution >= 4 is 29.9 Å². The van der Waals surface area contributed by atoms with Gasteiger partial charge < -0.3 is 10.6 Å². The molecule has 3 atom stereocenters. The summed E-state index contributed by atoms with van der Waals surface area (Å²) in [5, 5.41) is 6.31. The highest BCUT2D eigenvalue weighted by Gasteiger charge is 2.40. The fraction of sp³-hybridized carbons (Fsp3) is 0.316. The summed E-state index contributed by atoms with van der Waals surface area (Å²) in [5.41, 5.74) is 1.04. The van der Waals surface area contributed by atoms with E-state index in [0.29, 0.717) is 17.1 Å². The molecular weight excluding hydrogens is 454 g/mol. The minimum atomic E-state index is -0.610. The molecule has 0 amide bonds. The van der Waals surface area contributed by atoms with E-state index in [4.69, 9.17) is 0 Å². The normalized spacial score (nSPS) is 20.1. The first-order valence-corrected chi connectivity index (χ1v) is 8.19. The van der Waals surface area contributed by atoms with E-state index in [1.807, 2.05) is 6.07 Å². The lowest BCUT2D eigenvalue weighted by molar-refractivity contribution is 0.550. The summed E-state index contributed by atoms with van der Waals surface area (Å²) in [6.45, 7) is 1.77. The van der Waals surface area contributed by atoms with E-state index in [-0.39, 0.29) is 41.8 Å². The van der Waals surface area contributed by atoms with Crippen LogP contribution in [0.15, 0.2) is 47.5 Å². The van der Waals surface area contributed by atoms with Crippen LogP contribution in [0.5, 0.6) is 0 Å². The molecule has 140 valence electrons. The molecule has 0 saturated heterocycles. The molecule has 1 saturated carbocycles. The maximum absolute atomic E-state index is 13.9. The molecule has 0 spiro atoms. The quantitative estimate of drug-likeness (QED) is 0.388. The Morgan fingerprint density at radius 3 is 2.50 bits per heavy atom. The van der Waals surface area contributed by atoms with Gasteiger partial charge in [-0.15, -0.1) is 24.0 Å². The summed E-state index contributed by atoms with van der Waals surface area (Å²) in [6.07, 6.45) is 0.806. The van der Waals surface area contributed by atoms with Gasteiger partial charge in [-0.2, -0.15) is 0 Å². The van der Waals surface area contributed by atoms with Crippen molar-refractivity contribution in [1.29, 1.82) is 0 Å². The number of nitrogens with zero attached hydrogens (tertiary/aromatic N) is 1. The van der Waals surface area contributed by atoms with Crippen LogP contribution in [0.1, 0.15) is 36.4 Å². The molecule has 1 aliphatic rings. The molecular formula is C19H21F3IN3. The maximum Gasteiger partial charge on any atom is 0.191 e. The number of aliphatic imine (C=N–C) groups is 1. The Labute approximate surface area is 168 Å². The highest BCUT2D eigenvalue weighted by Crippen LogP contribution is 2.41. The number of benzene rings is 2. The van der Waals surface area contributed by atoms with E-state index in [1.54, 1.807) is 26.1 Å². The zero-order valence-corrected chi connectivity index (χ0v) is 16.8. The van der Waals surface area contributed by atoms with Crippen LogP contribution in [0.2, 0.25) is 0 Å². The van der Waals surface area contributed by atoms with Crippen LogP contribution in [0.3, 0.4) is 0 Å². The summed E-state index contributed by atoms with van der Waals surface area (Å²) >= 11 is 0. The first-order valence-electron chi connectivity index (χ1n) is 8.19. The summed E-state index contributed by atoms with van der Waals surface area (Å²) in [6, 6.07) is 9.91. The summed E-state index contributed by atoms with van der Waals surface area (Å²) in [4.78, 5) is 4.14. The summed E-state index contributed by atoms with van der Waals surface area (Å²) in [5.74, 6) is -0.827. The third-order valence-electron chi connectivity index (χ3n) is 4.42. The van der Waals surface area contributed by atoms with Crippen molar-refractivity contribution < 1.29 is 13.2 Å². The second-order valence-electron chi connectivity index (χ2n) is 6.22. The van der Waals surface area contributed by atoms with Gasteiger partial charge in [-0.1, -0.05) is 24.3 Å². The Morgan fingerprint density at radius 1 is 1.12 bits per heavy atom. The van der Waals surface area contributed by atoms with Crippen molar-refractivity contribution in [3.05, 3.63) is 71.0 Å². The van der Waals surface area contributed by atoms with Gasteiger partial charge in [0.2, 0.25) is 0 Å². The van der Waals surface area contributed by atoms with Gasteiger partial charge in [-0.3, -0.25) is 4.99 Å². The number of halogens is 4. The van der Waals surface area contributed by atoms with E-state index in [2.05, 4.69) is 15.6 Å². The molecule has 2 N–H and O–H groups in total.